The summed E-state index contributed by atoms with van der Waals surface area (Å²) in [5.74, 6) is 0. The van der Waals surface area contributed by atoms with Crippen LogP contribution in [-0.2, 0) is 5.41 Å². The first-order chi connectivity index (χ1) is 15.6. The number of nitrogens with zero attached hydrogens (tertiary/aromatic N) is 4. The fourth-order valence-electron chi connectivity index (χ4n) is 5.42. The van der Waals surface area contributed by atoms with E-state index in [1.807, 2.05) is 18.6 Å². The van der Waals surface area contributed by atoms with Gasteiger partial charge in [0.25, 0.3) is 0 Å². The molecule has 1 unspecified atom stereocenters. The van der Waals surface area contributed by atoms with E-state index < -0.39 is 5.41 Å². The number of hydrogen-bond donors (Lipinski definition) is 1. The van der Waals surface area contributed by atoms with E-state index in [4.69, 9.17) is 0 Å². The fraction of sp³-hybridized carbons (Fsp3) is 0.185. The number of hydrogen-bond acceptors (Lipinski definition) is 4. The van der Waals surface area contributed by atoms with Crippen LogP contribution < -0.4 is 4.90 Å². The molecule has 1 aliphatic carbocycles. The van der Waals surface area contributed by atoms with Crippen LogP contribution in [0.15, 0.2) is 90.6 Å². The first-order valence-electron chi connectivity index (χ1n) is 10.9. The Hall–Kier alpha value is -3.86. The molecule has 2 aromatic carbocycles. The zero-order valence-electron chi connectivity index (χ0n) is 18.5. The summed E-state index contributed by atoms with van der Waals surface area (Å²) in [6.45, 7) is 5.23. The molecule has 0 spiro atoms. The normalized spacial score (nSPS) is 19.5. The zero-order valence-corrected chi connectivity index (χ0v) is 18.5. The molecule has 0 amide bonds. The van der Waals surface area contributed by atoms with Crippen molar-refractivity contribution in [3.05, 3.63) is 113 Å². The smallest absolute Gasteiger partial charge is 0.0943 e. The standard InChI is InChI=1S/C27H25N5/c1-18-19(2)32(17-31(18)3)21-8-6-7-20(15-21)27(26-12-14-29-30-26)24-10-5-4-9-22(24)23-11-13-28-16-25(23)27/h4-16H,17H2,1-3H3,(H,29,30). The predicted molar refractivity (Wildman–Crippen MR) is 127 cm³/mol. The van der Waals surface area contributed by atoms with Gasteiger partial charge in [0.15, 0.2) is 0 Å². The molecular formula is C27H25N5. The fourth-order valence-corrected chi connectivity index (χ4v) is 5.42. The van der Waals surface area contributed by atoms with E-state index in [1.165, 1.54) is 44.9 Å². The van der Waals surface area contributed by atoms with Gasteiger partial charge in [-0.05, 0) is 65.9 Å². The van der Waals surface area contributed by atoms with Gasteiger partial charge in [0.2, 0.25) is 0 Å². The van der Waals surface area contributed by atoms with Crippen LogP contribution in [0.2, 0.25) is 0 Å². The van der Waals surface area contributed by atoms with Crippen LogP contribution in [0.5, 0.6) is 0 Å². The van der Waals surface area contributed by atoms with Gasteiger partial charge >= 0.3 is 0 Å². The number of allylic oxidation sites excluding steroid dienone is 2. The van der Waals surface area contributed by atoms with Crippen LogP contribution in [0.4, 0.5) is 5.69 Å². The van der Waals surface area contributed by atoms with E-state index in [1.54, 1.807) is 0 Å². The van der Waals surface area contributed by atoms with Crippen LogP contribution in [0, 0.1) is 0 Å². The molecular weight excluding hydrogens is 394 g/mol. The average molecular weight is 420 g/mol. The molecule has 1 aliphatic heterocycles. The maximum atomic E-state index is 4.54. The lowest BCUT2D eigenvalue weighted by atomic mass is 9.70. The van der Waals surface area contributed by atoms with Crippen molar-refractivity contribution in [1.29, 1.82) is 0 Å². The van der Waals surface area contributed by atoms with Crippen molar-refractivity contribution in [1.82, 2.24) is 20.1 Å². The van der Waals surface area contributed by atoms with Gasteiger partial charge in [0, 0.05) is 42.7 Å². The van der Waals surface area contributed by atoms with E-state index in [0.29, 0.717) is 0 Å². The van der Waals surface area contributed by atoms with Crippen molar-refractivity contribution in [2.75, 3.05) is 18.6 Å². The molecule has 5 heteroatoms. The monoisotopic (exact) mass is 419 g/mol. The van der Waals surface area contributed by atoms with Crippen LogP contribution >= 0.6 is 0 Å². The highest BCUT2D eigenvalue weighted by Crippen LogP contribution is 2.55. The molecule has 0 saturated carbocycles. The Morgan fingerprint density at radius 3 is 2.50 bits per heavy atom. The molecule has 5 nitrogen and oxygen atoms in total. The van der Waals surface area contributed by atoms with Crippen LogP contribution in [0.1, 0.15) is 36.2 Å². The van der Waals surface area contributed by atoms with Gasteiger partial charge in [-0.3, -0.25) is 10.1 Å². The van der Waals surface area contributed by atoms with Crippen molar-refractivity contribution in [2.24, 2.45) is 0 Å². The highest BCUT2D eigenvalue weighted by Gasteiger charge is 2.47. The summed E-state index contributed by atoms with van der Waals surface area (Å²) < 4.78 is 0. The highest BCUT2D eigenvalue weighted by atomic mass is 15.4. The molecule has 6 rings (SSSR count). The van der Waals surface area contributed by atoms with Gasteiger partial charge in [0.1, 0.15) is 0 Å². The van der Waals surface area contributed by atoms with Crippen molar-refractivity contribution in [3.8, 4) is 11.1 Å². The number of pyridine rings is 1. The van der Waals surface area contributed by atoms with E-state index >= 15 is 0 Å². The number of H-pyrrole nitrogens is 1. The molecule has 2 aliphatic rings. The Labute approximate surface area is 188 Å². The average Bonchev–Trinajstić information content (AvgIpc) is 3.53. The number of benzene rings is 2. The maximum absolute atomic E-state index is 4.54. The topological polar surface area (TPSA) is 48.1 Å². The first kappa shape index (κ1) is 18.9. The van der Waals surface area contributed by atoms with Crippen molar-refractivity contribution in [2.45, 2.75) is 19.3 Å². The molecule has 32 heavy (non-hydrogen) atoms. The summed E-state index contributed by atoms with van der Waals surface area (Å²) >= 11 is 0. The van der Waals surface area contributed by atoms with E-state index in [2.05, 4.69) is 107 Å². The molecule has 158 valence electrons. The lowest BCUT2D eigenvalue weighted by Crippen LogP contribution is -2.30. The third-order valence-electron chi connectivity index (χ3n) is 7.20. The number of anilines is 1. The number of aromatic nitrogens is 3. The Kier molecular flexibility index (Phi) is 4.02. The molecule has 4 aromatic rings. The third kappa shape index (κ3) is 2.39. The Morgan fingerprint density at radius 2 is 1.72 bits per heavy atom. The Morgan fingerprint density at radius 1 is 0.875 bits per heavy atom. The van der Waals surface area contributed by atoms with Crippen LogP contribution in [-0.4, -0.2) is 33.8 Å². The van der Waals surface area contributed by atoms with Gasteiger partial charge in [-0.2, -0.15) is 5.10 Å². The molecule has 0 saturated heterocycles. The van der Waals surface area contributed by atoms with Gasteiger partial charge in [-0.15, -0.1) is 0 Å². The van der Waals surface area contributed by atoms with E-state index in [-0.39, 0.29) is 0 Å². The Balaban J connectivity index is 1.64. The predicted octanol–water partition coefficient (Wildman–Crippen LogP) is 5.13. The molecule has 0 radical (unpaired) electrons. The van der Waals surface area contributed by atoms with Crippen molar-refractivity contribution < 1.29 is 0 Å². The highest BCUT2D eigenvalue weighted by molar-refractivity contribution is 5.85. The van der Waals surface area contributed by atoms with Crippen LogP contribution in [0.25, 0.3) is 11.1 Å². The van der Waals surface area contributed by atoms with Crippen molar-refractivity contribution >= 4 is 5.69 Å². The Bertz CT molecular complexity index is 1310. The van der Waals surface area contributed by atoms with Crippen molar-refractivity contribution in [3.63, 3.8) is 0 Å². The molecule has 1 N–H and O–H groups in total. The van der Waals surface area contributed by atoms with E-state index in [0.717, 1.165) is 12.4 Å². The second kappa shape index (κ2) is 6.82. The van der Waals surface area contributed by atoms with Gasteiger partial charge in [0.05, 0.1) is 17.8 Å². The molecule has 2 aromatic heterocycles. The quantitative estimate of drug-likeness (QED) is 0.441. The number of fused-ring (bicyclic) bond motifs is 3. The zero-order chi connectivity index (χ0) is 21.9. The minimum absolute atomic E-state index is 0.495. The number of aromatic amines is 1. The third-order valence-corrected chi connectivity index (χ3v) is 7.20. The maximum Gasteiger partial charge on any atom is 0.0943 e. The van der Waals surface area contributed by atoms with Crippen LogP contribution in [0.3, 0.4) is 0 Å². The summed E-state index contributed by atoms with van der Waals surface area (Å²) in [4.78, 5) is 9.21. The molecule has 3 heterocycles. The summed E-state index contributed by atoms with van der Waals surface area (Å²) in [6, 6.07) is 21.8. The first-order valence-corrected chi connectivity index (χ1v) is 10.9. The minimum atomic E-state index is -0.495. The summed E-state index contributed by atoms with van der Waals surface area (Å²) in [5.41, 5.74) is 10.5. The lowest BCUT2D eigenvalue weighted by molar-refractivity contribution is 0.460. The second-order valence-corrected chi connectivity index (χ2v) is 8.68. The summed E-state index contributed by atoms with van der Waals surface area (Å²) in [7, 11) is 2.14. The van der Waals surface area contributed by atoms with E-state index in [9.17, 15) is 0 Å². The lowest BCUT2D eigenvalue weighted by Gasteiger charge is -2.32. The van der Waals surface area contributed by atoms with Gasteiger partial charge < -0.3 is 9.80 Å². The summed E-state index contributed by atoms with van der Waals surface area (Å²) in [6.07, 6.45) is 5.73. The molecule has 1 atom stereocenters. The minimum Gasteiger partial charge on any atom is -0.359 e. The van der Waals surface area contributed by atoms with Gasteiger partial charge in [-0.25, -0.2) is 0 Å². The molecule has 0 bridgehead atoms. The number of nitrogens with one attached hydrogen (secondary N) is 1. The largest absolute Gasteiger partial charge is 0.359 e. The number of rotatable bonds is 3. The van der Waals surface area contributed by atoms with Gasteiger partial charge in [-0.1, -0.05) is 36.4 Å². The summed E-state index contributed by atoms with van der Waals surface area (Å²) in [5, 5.41) is 7.65. The molecule has 0 fully saturated rings. The second-order valence-electron chi connectivity index (χ2n) is 8.68. The SMILES string of the molecule is CC1=C(C)N(c2cccc(C3(c4ccn[nH]4)c4ccccc4-c4ccncc43)c2)CN1C.